The molecule has 3 N–H and O–H groups in total. The Labute approximate surface area is 199 Å². The number of amides is 2. The lowest BCUT2D eigenvalue weighted by molar-refractivity contribution is -0.127. The number of likely N-dealkylation sites (tertiary alicyclic amines) is 1. The molecule has 2 aliphatic rings. The molecule has 176 valence electrons. The Morgan fingerprint density at radius 3 is 2.61 bits per heavy atom. The number of urea groups is 1. The maximum absolute atomic E-state index is 13.7. The summed E-state index contributed by atoms with van der Waals surface area (Å²) in [6, 6.07) is 11.9. The Morgan fingerprint density at radius 1 is 1.18 bits per heavy atom. The zero-order chi connectivity index (χ0) is 23.8. The van der Waals surface area contributed by atoms with Crippen molar-refractivity contribution >= 4 is 29.1 Å². The molecule has 0 radical (unpaired) electrons. The molecular formula is C25H31ClN4O3. The second kappa shape index (κ2) is 9.43. The number of carbonyl (C=O) groups excluding carboxylic acids is 2. The molecule has 0 aromatic heterocycles. The molecule has 2 aromatic carbocycles. The topological polar surface area (TPSA) is 87.9 Å². The highest BCUT2D eigenvalue weighted by Crippen LogP contribution is 2.31. The fourth-order valence-electron chi connectivity index (χ4n) is 4.68. The molecule has 3 atom stereocenters. The van der Waals surface area contributed by atoms with Crippen molar-refractivity contribution < 1.29 is 14.3 Å². The van der Waals surface area contributed by atoms with Gasteiger partial charge in [-0.2, -0.15) is 0 Å². The lowest BCUT2D eigenvalue weighted by atomic mass is 9.82. The highest BCUT2D eigenvalue weighted by Gasteiger charge is 2.46. The van der Waals surface area contributed by atoms with Crippen molar-refractivity contribution in [3.05, 3.63) is 64.2 Å². The van der Waals surface area contributed by atoms with Crippen LogP contribution in [-0.4, -0.2) is 61.0 Å². The van der Waals surface area contributed by atoms with E-state index in [2.05, 4.69) is 29.4 Å². The van der Waals surface area contributed by atoms with E-state index in [1.165, 1.54) is 16.0 Å². The Balaban J connectivity index is 1.56. The third-order valence-electron chi connectivity index (χ3n) is 6.78. The molecule has 1 unspecified atom stereocenters. The summed E-state index contributed by atoms with van der Waals surface area (Å²) in [5.41, 5.74) is 9.31. The number of methoxy groups -OCH3 is 1. The molecule has 2 amide bonds. The number of ketones is 1. The maximum Gasteiger partial charge on any atom is 0.322 e. The lowest BCUT2D eigenvalue weighted by Crippen LogP contribution is -2.53. The standard InChI is InChI=1S/C25H31ClN4O3/c1-25(27,18-5-4-17-14-29(2)11-10-16(17)12-18)23(31)22-13-21(33-3)15-30(22)24(32)28-20-8-6-19(26)7-9-20/h4-9,12,21-22H,10-11,13-15,27H2,1-3H3,(H,28,32)/t21-,22-,25?/m1/s1. The number of fused-ring (bicyclic) bond motifs is 1. The van der Waals surface area contributed by atoms with Crippen molar-refractivity contribution in [1.29, 1.82) is 0 Å². The van der Waals surface area contributed by atoms with Crippen molar-refractivity contribution in [3.63, 3.8) is 0 Å². The number of ether oxygens (including phenoxy) is 1. The molecule has 4 rings (SSSR count). The first-order valence-corrected chi connectivity index (χ1v) is 11.6. The highest BCUT2D eigenvalue weighted by atomic mass is 35.5. The summed E-state index contributed by atoms with van der Waals surface area (Å²) in [6.45, 7) is 3.92. The van der Waals surface area contributed by atoms with E-state index in [1.54, 1.807) is 38.3 Å². The van der Waals surface area contributed by atoms with Crippen LogP contribution in [0.3, 0.4) is 0 Å². The quantitative estimate of drug-likeness (QED) is 0.699. The van der Waals surface area contributed by atoms with Crippen molar-refractivity contribution in [3.8, 4) is 0 Å². The van der Waals surface area contributed by atoms with E-state index in [9.17, 15) is 9.59 Å². The van der Waals surface area contributed by atoms with Crippen molar-refractivity contribution in [2.24, 2.45) is 5.73 Å². The number of nitrogens with one attached hydrogen (secondary N) is 1. The zero-order valence-electron chi connectivity index (χ0n) is 19.3. The van der Waals surface area contributed by atoms with Gasteiger partial charge in [0.25, 0.3) is 0 Å². The number of nitrogens with two attached hydrogens (primary N) is 1. The number of Topliss-reactive ketones (excluding diaryl/α,β-unsaturated/α-hetero) is 1. The van der Waals surface area contributed by atoms with Crippen molar-refractivity contribution in [2.75, 3.05) is 32.6 Å². The molecule has 0 aliphatic carbocycles. The molecule has 1 saturated heterocycles. The molecule has 2 aliphatic heterocycles. The number of halogens is 1. The van der Waals surface area contributed by atoms with Gasteiger partial charge >= 0.3 is 6.03 Å². The lowest BCUT2D eigenvalue weighted by Gasteiger charge is -2.33. The van der Waals surface area contributed by atoms with Crippen LogP contribution in [0.2, 0.25) is 5.02 Å². The van der Waals surface area contributed by atoms with E-state index < -0.39 is 11.6 Å². The fourth-order valence-corrected chi connectivity index (χ4v) is 4.80. The molecule has 0 spiro atoms. The summed E-state index contributed by atoms with van der Waals surface area (Å²) in [7, 11) is 3.69. The predicted molar refractivity (Wildman–Crippen MR) is 129 cm³/mol. The fraction of sp³-hybridized carbons (Fsp3) is 0.440. The summed E-state index contributed by atoms with van der Waals surface area (Å²) in [5, 5.41) is 3.43. The number of hydrogen-bond acceptors (Lipinski definition) is 5. The Hall–Kier alpha value is -2.45. The van der Waals surface area contributed by atoms with E-state index >= 15 is 0 Å². The molecule has 0 bridgehead atoms. The van der Waals surface area contributed by atoms with E-state index in [0.29, 0.717) is 23.7 Å². The third kappa shape index (κ3) is 4.92. The van der Waals surface area contributed by atoms with Crippen LogP contribution in [0.4, 0.5) is 10.5 Å². The van der Waals surface area contributed by atoms with Gasteiger partial charge in [0, 0.05) is 43.9 Å². The van der Waals surface area contributed by atoms with Gasteiger partial charge in [0.2, 0.25) is 0 Å². The largest absolute Gasteiger partial charge is 0.380 e. The van der Waals surface area contributed by atoms with Gasteiger partial charge in [-0.3, -0.25) is 4.79 Å². The molecule has 33 heavy (non-hydrogen) atoms. The summed E-state index contributed by atoms with van der Waals surface area (Å²) in [4.78, 5) is 30.6. The van der Waals surface area contributed by atoms with Gasteiger partial charge in [0.1, 0.15) is 0 Å². The number of rotatable bonds is 5. The minimum absolute atomic E-state index is 0.193. The molecule has 1 fully saturated rings. The normalized spacial score (nSPS) is 22.5. The van der Waals surface area contributed by atoms with Gasteiger partial charge in [0.05, 0.1) is 17.7 Å². The number of likely N-dealkylation sites (N-methyl/N-ethyl adjacent to an activating group) is 1. The summed E-state index contributed by atoms with van der Waals surface area (Å²) < 4.78 is 5.50. The SMILES string of the molecule is CO[C@@H]1C[C@H](C(=O)C(C)(N)c2ccc3c(c2)CCN(C)C3)N(C(=O)Nc2ccc(Cl)cc2)C1. The van der Waals surface area contributed by atoms with Crippen LogP contribution in [0.15, 0.2) is 42.5 Å². The van der Waals surface area contributed by atoms with Crippen LogP contribution in [-0.2, 0) is 28.0 Å². The first kappa shape index (κ1) is 23.7. The van der Waals surface area contributed by atoms with Crippen LogP contribution in [0.5, 0.6) is 0 Å². The monoisotopic (exact) mass is 470 g/mol. The smallest absolute Gasteiger partial charge is 0.322 e. The van der Waals surface area contributed by atoms with E-state index in [-0.39, 0.29) is 17.9 Å². The van der Waals surface area contributed by atoms with Gasteiger partial charge in [-0.25, -0.2) is 4.79 Å². The van der Waals surface area contributed by atoms with Gasteiger partial charge in [-0.05, 0) is 61.3 Å². The van der Waals surface area contributed by atoms with Gasteiger partial charge < -0.3 is 25.6 Å². The van der Waals surface area contributed by atoms with Crippen LogP contribution in [0.25, 0.3) is 0 Å². The van der Waals surface area contributed by atoms with Gasteiger partial charge in [-0.15, -0.1) is 0 Å². The van der Waals surface area contributed by atoms with Crippen LogP contribution >= 0.6 is 11.6 Å². The number of nitrogens with zero attached hydrogens (tertiary/aromatic N) is 2. The maximum atomic E-state index is 13.7. The Morgan fingerprint density at radius 2 is 1.91 bits per heavy atom. The molecule has 2 aromatic rings. The van der Waals surface area contributed by atoms with Crippen molar-refractivity contribution in [1.82, 2.24) is 9.80 Å². The molecular weight excluding hydrogens is 440 g/mol. The zero-order valence-corrected chi connectivity index (χ0v) is 20.1. The minimum atomic E-state index is -1.23. The predicted octanol–water partition coefficient (Wildman–Crippen LogP) is 3.39. The van der Waals surface area contributed by atoms with Crippen molar-refractivity contribution in [2.45, 2.75) is 44.0 Å². The van der Waals surface area contributed by atoms with Crippen LogP contribution in [0, 0.1) is 0 Å². The summed E-state index contributed by atoms with van der Waals surface area (Å²) in [5.74, 6) is -0.193. The van der Waals surface area contributed by atoms with E-state index in [0.717, 1.165) is 25.1 Å². The molecule has 8 heteroatoms. The number of benzene rings is 2. The van der Waals surface area contributed by atoms with Crippen LogP contribution in [0.1, 0.15) is 30.0 Å². The molecule has 0 saturated carbocycles. The van der Waals surface area contributed by atoms with E-state index in [4.69, 9.17) is 22.1 Å². The average molecular weight is 471 g/mol. The average Bonchev–Trinajstić information content (AvgIpc) is 3.24. The first-order chi connectivity index (χ1) is 15.7. The second-order valence-electron chi connectivity index (χ2n) is 9.24. The Bertz CT molecular complexity index is 1040. The van der Waals surface area contributed by atoms with Gasteiger partial charge in [0.15, 0.2) is 5.78 Å². The minimum Gasteiger partial charge on any atom is -0.380 e. The number of hydrogen-bond donors (Lipinski definition) is 2. The van der Waals surface area contributed by atoms with Crippen LogP contribution < -0.4 is 11.1 Å². The molecule has 7 nitrogen and oxygen atoms in total. The summed E-state index contributed by atoms with van der Waals surface area (Å²) in [6.07, 6.45) is 1.10. The number of carbonyl (C=O) groups is 2. The van der Waals surface area contributed by atoms with Gasteiger partial charge in [-0.1, -0.05) is 29.8 Å². The molecule has 2 heterocycles. The highest BCUT2D eigenvalue weighted by molar-refractivity contribution is 6.30. The number of anilines is 1. The first-order valence-electron chi connectivity index (χ1n) is 11.2. The second-order valence-corrected chi connectivity index (χ2v) is 9.67. The third-order valence-corrected chi connectivity index (χ3v) is 7.03. The van der Waals surface area contributed by atoms with E-state index in [1.807, 2.05) is 6.07 Å². The Kier molecular flexibility index (Phi) is 6.77. The summed E-state index contributed by atoms with van der Waals surface area (Å²) >= 11 is 5.94.